The Kier molecular flexibility index (Phi) is 8.14. The lowest BCUT2D eigenvalue weighted by Crippen LogP contribution is -2.50. The van der Waals surface area contributed by atoms with Crippen molar-refractivity contribution in [3.8, 4) is 11.5 Å². The van der Waals surface area contributed by atoms with E-state index in [4.69, 9.17) is 9.47 Å². The smallest absolute Gasteiger partial charge is 0.261 e. The number of carbonyl (C=O) groups excluding carboxylic acids is 2. The Morgan fingerprint density at radius 3 is 2.44 bits per heavy atom. The standard InChI is InChI=1S/C26H34N2O4/c1-18-9-10-19(2)24(15-18)32-17-25(29)28(16-21-11-13-23(31-4)14-12-21)20(3)26(30)27-22-7-5-6-8-22/h9-15,20,22H,5-8,16-17H2,1-4H3,(H,27,30)/t20-/m1/s1. The van der Waals surface area contributed by atoms with Gasteiger partial charge >= 0.3 is 0 Å². The Morgan fingerprint density at radius 2 is 1.78 bits per heavy atom. The summed E-state index contributed by atoms with van der Waals surface area (Å²) in [6.07, 6.45) is 4.27. The van der Waals surface area contributed by atoms with Gasteiger partial charge < -0.3 is 19.7 Å². The molecule has 2 aromatic rings. The van der Waals surface area contributed by atoms with Crippen LogP contribution >= 0.6 is 0 Å². The van der Waals surface area contributed by atoms with Crippen LogP contribution in [0.1, 0.15) is 49.3 Å². The molecular formula is C26H34N2O4. The summed E-state index contributed by atoms with van der Waals surface area (Å²) < 4.78 is 11.1. The lowest BCUT2D eigenvalue weighted by atomic mass is 10.1. The summed E-state index contributed by atoms with van der Waals surface area (Å²) in [5.41, 5.74) is 2.96. The molecule has 0 heterocycles. The maximum atomic E-state index is 13.2. The van der Waals surface area contributed by atoms with Crippen LogP contribution in [-0.2, 0) is 16.1 Å². The van der Waals surface area contributed by atoms with Gasteiger partial charge in [-0.2, -0.15) is 0 Å². The topological polar surface area (TPSA) is 67.9 Å². The van der Waals surface area contributed by atoms with Gasteiger partial charge in [-0.1, -0.05) is 37.1 Å². The van der Waals surface area contributed by atoms with Gasteiger partial charge in [-0.05, 0) is 68.5 Å². The molecule has 1 aliphatic carbocycles. The van der Waals surface area contributed by atoms with Crippen molar-refractivity contribution < 1.29 is 19.1 Å². The molecule has 2 aromatic carbocycles. The minimum Gasteiger partial charge on any atom is -0.497 e. The molecule has 6 heteroatoms. The van der Waals surface area contributed by atoms with Crippen LogP contribution in [0.25, 0.3) is 0 Å². The fourth-order valence-corrected chi connectivity index (χ4v) is 3.99. The number of amides is 2. The van der Waals surface area contributed by atoms with E-state index in [9.17, 15) is 9.59 Å². The number of ether oxygens (including phenoxy) is 2. The molecular weight excluding hydrogens is 404 g/mol. The zero-order valence-electron chi connectivity index (χ0n) is 19.5. The molecule has 0 radical (unpaired) electrons. The van der Waals surface area contributed by atoms with Crippen LogP contribution in [0, 0.1) is 13.8 Å². The zero-order valence-corrected chi connectivity index (χ0v) is 19.5. The van der Waals surface area contributed by atoms with Gasteiger partial charge in [0.15, 0.2) is 6.61 Å². The van der Waals surface area contributed by atoms with E-state index in [1.54, 1.807) is 18.9 Å². The predicted octanol–water partition coefficient (Wildman–Crippen LogP) is 4.17. The lowest BCUT2D eigenvalue weighted by Gasteiger charge is -2.29. The number of nitrogens with zero attached hydrogens (tertiary/aromatic N) is 1. The molecule has 0 bridgehead atoms. The van der Waals surface area contributed by atoms with E-state index in [1.807, 2.05) is 56.3 Å². The lowest BCUT2D eigenvalue weighted by molar-refractivity contribution is -0.142. The summed E-state index contributed by atoms with van der Waals surface area (Å²) in [5, 5.41) is 3.11. The van der Waals surface area contributed by atoms with E-state index in [-0.39, 0.29) is 24.5 Å². The van der Waals surface area contributed by atoms with Gasteiger partial charge in [-0.15, -0.1) is 0 Å². The number of hydrogen-bond donors (Lipinski definition) is 1. The average molecular weight is 439 g/mol. The largest absolute Gasteiger partial charge is 0.497 e. The molecule has 2 amide bonds. The van der Waals surface area contributed by atoms with Gasteiger partial charge in [0, 0.05) is 12.6 Å². The van der Waals surface area contributed by atoms with Gasteiger partial charge in [-0.3, -0.25) is 9.59 Å². The predicted molar refractivity (Wildman–Crippen MR) is 125 cm³/mol. The molecule has 1 aliphatic rings. The third-order valence-electron chi connectivity index (χ3n) is 6.08. The number of carbonyl (C=O) groups is 2. The highest BCUT2D eigenvalue weighted by Gasteiger charge is 2.28. The molecule has 0 saturated heterocycles. The van der Waals surface area contributed by atoms with E-state index >= 15 is 0 Å². The van der Waals surface area contributed by atoms with Gasteiger partial charge in [0.05, 0.1) is 7.11 Å². The van der Waals surface area contributed by atoms with Crippen molar-refractivity contribution in [3.63, 3.8) is 0 Å². The first-order chi connectivity index (χ1) is 15.4. The molecule has 1 N–H and O–H groups in total. The van der Waals surface area contributed by atoms with E-state index in [2.05, 4.69) is 5.32 Å². The quantitative estimate of drug-likeness (QED) is 0.638. The minimum atomic E-state index is -0.604. The SMILES string of the molecule is COc1ccc(CN(C(=O)COc2cc(C)ccc2C)[C@H](C)C(=O)NC2CCCC2)cc1. The van der Waals surface area contributed by atoms with Crippen LogP contribution in [0.2, 0.25) is 0 Å². The Bertz CT molecular complexity index is 920. The minimum absolute atomic E-state index is 0.120. The number of aryl methyl sites for hydroxylation is 2. The van der Waals surface area contributed by atoms with E-state index < -0.39 is 6.04 Å². The summed E-state index contributed by atoms with van der Waals surface area (Å²) in [6.45, 7) is 5.91. The molecule has 1 saturated carbocycles. The van der Waals surface area contributed by atoms with Crippen LogP contribution in [0.4, 0.5) is 0 Å². The Hall–Kier alpha value is -3.02. The van der Waals surface area contributed by atoms with E-state index in [1.165, 1.54) is 0 Å². The monoisotopic (exact) mass is 438 g/mol. The van der Waals surface area contributed by atoms with Crippen molar-refractivity contribution in [1.29, 1.82) is 0 Å². The molecule has 3 rings (SSSR count). The number of hydrogen-bond acceptors (Lipinski definition) is 4. The third-order valence-corrected chi connectivity index (χ3v) is 6.08. The van der Waals surface area contributed by atoms with Crippen molar-refractivity contribution in [2.24, 2.45) is 0 Å². The highest BCUT2D eigenvalue weighted by molar-refractivity contribution is 5.88. The molecule has 0 spiro atoms. The van der Waals surface area contributed by atoms with Crippen LogP contribution in [-0.4, -0.2) is 42.5 Å². The molecule has 0 unspecified atom stereocenters. The van der Waals surface area contributed by atoms with Gasteiger partial charge in [0.2, 0.25) is 5.91 Å². The maximum Gasteiger partial charge on any atom is 0.261 e. The second-order valence-corrected chi connectivity index (χ2v) is 8.59. The first-order valence-corrected chi connectivity index (χ1v) is 11.3. The fraction of sp³-hybridized carbons (Fsp3) is 0.462. The molecule has 32 heavy (non-hydrogen) atoms. The number of benzene rings is 2. The van der Waals surface area contributed by atoms with Crippen molar-refractivity contribution in [1.82, 2.24) is 10.2 Å². The highest BCUT2D eigenvalue weighted by Crippen LogP contribution is 2.21. The van der Waals surface area contributed by atoms with Crippen LogP contribution in [0.5, 0.6) is 11.5 Å². The molecule has 0 aromatic heterocycles. The number of nitrogens with one attached hydrogen (secondary N) is 1. The Morgan fingerprint density at radius 1 is 1.09 bits per heavy atom. The first kappa shape index (κ1) is 23.6. The molecule has 172 valence electrons. The summed E-state index contributed by atoms with van der Waals surface area (Å²) in [7, 11) is 1.62. The first-order valence-electron chi connectivity index (χ1n) is 11.3. The van der Waals surface area contributed by atoms with Crippen LogP contribution in [0.15, 0.2) is 42.5 Å². The van der Waals surface area contributed by atoms with Gasteiger partial charge in [0.1, 0.15) is 17.5 Å². The summed E-state index contributed by atoms with van der Waals surface area (Å²) in [6, 6.07) is 13.0. The Balaban J connectivity index is 1.73. The normalized spacial score (nSPS) is 14.6. The average Bonchev–Trinajstić information content (AvgIpc) is 3.30. The third kappa shape index (κ3) is 6.25. The van der Waals surface area contributed by atoms with Crippen LogP contribution in [0.3, 0.4) is 0 Å². The molecule has 1 atom stereocenters. The fourth-order valence-electron chi connectivity index (χ4n) is 3.99. The molecule has 0 aliphatic heterocycles. The van der Waals surface area contributed by atoms with Gasteiger partial charge in [-0.25, -0.2) is 0 Å². The maximum absolute atomic E-state index is 13.2. The highest BCUT2D eigenvalue weighted by atomic mass is 16.5. The molecule has 6 nitrogen and oxygen atoms in total. The van der Waals surface area contributed by atoms with Crippen molar-refractivity contribution >= 4 is 11.8 Å². The Labute approximate surface area is 190 Å². The van der Waals surface area contributed by atoms with E-state index in [0.29, 0.717) is 12.3 Å². The van der Waals surface area contributed by atoms with Gasteiger partial charge in [0.25, 0.3) is 5.91 Å². The van der Waals surface area contributed by atoms with Crippen LogP contribution < -0.4 is 14.8 Å². The number of rotatable bonds is 9. The zero-order chi connectivity index (χ0) is 23.1. The summed E-state index contributed by atoms with van der Waals surface area (Å²) in [5.74, 6) is 1.09. The van der Waals surface area contributed by atoms with Crippen molar-refractivity contribution in [2.45, 2.75) is 65.1 Å². The van der Waals surface area contributed by atoms with Crippen molar-refractivity contribution in [2.75, 3.05) is 13.7 Å². The summed E-state index contributed by atoms with van der Waals surface area (Å²) >= 11 is 0. The second-order valence-electron chi connectivity index (χ2n) is 8.59. The second kappa shape index (κ2) is 11.0. The van der Waals surface area contributed by atoms with Crippen molar-refractivity contribution in [3.05, 3.63) is 59.2 Å². The molecule has 1 fully saturated rings. The summed E-state index contributed by atoms with van der Waals surface area (Å²) in [4.78, 5) is 27.8. The number of methoxy groups -OCH3 is 1. The van der Waals surface area contributed by atoms with E-state index in [0.717, 1.165) is 48.1 Å².